The van der Waals surface area contributed by atoms with E-state index in [0.717, 1.165) is 57.8 Å². The Morgan fingerprint density at radius 3 is 2.44 bits per heavy atom. The maximum absolute atomic E-state index is 13.0. The fraction of sp³-hybridized carbons (Fsp3) is 0.370. The van der Waals surface area contributed by atoms with Crippen molar-refractivity contribution in [2.45, 2.75) is 38.0 Å². The Bertz CT molecular complexity index is 1220. The maximum Gasteiger partial charge on any atom is 0.226 e. The van der Waals surface area contributed by atoms with Crippen LogP contribution < -0.4 is 4.57 Å². The number of halogens is 3. The van der Waals surface area contributed by atoms with Gasteiger partial charge in [0.2, 0.25) is 5.91 Å². The molecule has 1 aliphatic carbocycles. The average molecular weight is 649 g/mol. The van der Waals surface area contributed by atoms with E-state index in [2.05, 4.69) is 66.0 Å². The van der Waals surface area contributed by atoms with Crippen LogP contribution in [0, 0.1) is 5.92 Å². The molecule has 7 heteroatoms. The highest BCUT2D eigenvalue weighted by atomic mass is 79.9. The van der Waals surface area contributed by atoms with Crippen molar-refractivity contribution in [3.05, 3.63) is 90.3 Å². The van der Waals surface area contributed by atoms with E-state index in [1.807, 2.05) is 47.2 Å². The lowest BCUT2D eigenvalue weighted by atomic mass is 9.76. The van der Waals surface area contributed by atoms with Crippen molar-refractivity contribution in [3.63, 3.8) is 0 Å². The number of nitrogens with zero attached hydrogens (tertiary/aromatic N) is 3. The normalized spacial score (nSPS) is 18.2. The average Bonchev–Trinajstić information content (AvgIpc) is 2.97. The molecule has 0 bridgehead atoms. The fourth-order valence-electron chi connectivity index (χ4n) is 5.45. The predicted molar refractivity (Wildman–Crippen MR) is 144 cm³/mol. The van der Waals surface area contributed by atoms with Crippen LogP contribution >= 0.6 is 47.8 Å². The summed E-state index contributed by atoms with van der Waals surface area (Å²) in [7, 11) is 1.99. The predicted octanol–water partition coefficient (Wildman–Crippen LogP) is 5.91. The van der Waals surface area contributed by atoms with Gasteiger partial charge in [-0.15, -0.1) is 0 Å². The van der Waals surface area contributed by atoms with E-state index in [4.69, 9.17) is 4.98 Å². The third kappa shape index (κ3) is 5.02. The van der Waals surface area contributed by atoms with E-state index >= 15 is 0 Å². The molecule has 1 fully saturated rings. The highest BCUT2D eigenvalue weighted by Gasteiger charge is 2.36. The first-order valence-corrected chi connectivity index (χ1v) is 14.1. The summed E-state index contributed by atoms with van der Waals surface area (Å²) in [5.41, 5.74) is 6.36. The van der Waals surface area contributed by atoms with E-state index in [1.54, 1.807) is 0 Å². The lowest BCUT2D eigenvalue weighted by Crippen LogP contribution is -2.41. The van der Waals surface area contributed by atoms with Gasteiger partial charge < -0.3 is 4.90 Å². The Morgan fingerprint density at radius 1 is 1.03 bits per heavy atom. The van der Waals surface area contributed by atoms with E-state index < -0.39 is 0 Å². The smallest absolute Gasteiger partial charge is 0.226 e. The van der Waals surface area contributed by atoms with Crippen LogP contribution in [0.4, 0.5) is 0 Å². The van der Waals surface area contributed by atoms with Crippen LogP contribution in [0.3, 0.4) is 0 Å². The first-order chi connectivity index (χ1) is 16.4. The molecular weight excluding hydrogens is 622 g/mol. The van der Waals surface area contributed by atoms with Crippen LogP contribution in [0.15, 0.2) is 62.3 Å². The molecule has 0 spiro atoms. The van der Waals surface area contributed by atoms with Crippen molar-refractivity contribution in [1.82, 2.24) is 9.88 Å². The van der Waals surface area contributed by atoms with Crippen molar-refractivity contribution in [2.24, 2.45) is 13.0 Å². The SMILES string of the molecule is C[n+]1ccc(CC(=O)N2CCC([C@H]3c4ncc(Br)cc4CCc4cc(Br)cc(Br)c43)CC2)cc1. The van der Waals surface area contributed by atoms with Crippen LogP contribution in [-0.2, 0) is 31.1 Å². The molecule has 0 saturated carbocycles. The number of aryl methyl sites for hydroxylation is 3. The molecule has 1 aromatic carbocycles. The molecule has 5 rings (SSSR count). The molecule has 4 nitrogen and oxygen atoms in total. The van der Waals surface area contributed by atoms with E-state index in [9.17, 15) is 4.79 Å². The summed E-state index contributed by atoms with van der Waals surface area (Å²) in [5, 5.41) is 0. The Kier molecular flexibility index (Phi) is 7.24. The topological polar surface area (TPSA) is 37.1 Å². The van der Waals surface area contributed by atoms with Gasteiger partial charge in [0.05, 0.1) is 12.1 Å². The summed E-state index contributed by atoms with van der Waals surface area (Å²) in [6.45, 7) is 1.60. The van der Waals surface area contributed by atoms with Crippen molar-refractivity contribution in [2.75, 3.05) is 13.1 Å². The Balaban J connectivity index is 1.40. The number of amides is 1. The summed E-state index contributed by atoms with van der Waals surface area (Å²) >= 11 is 11.2. The molecule has 1 saturated heterocycles. The molecule has 0 radical (unpaired) electrons. The molecule has 1 amide bonds. The second-order valence-electron chi connectivity index (χ2n) is 9.40. The van der Waals surface area contributed by atoms with Crippen LogP contribution in [0.5, 0.6) is 0 Å². The van der Waals surface area contributed by atoms with Gasteiger partial charge in [-0.05, 0) is 88.0 Å². The Labute approximate surface area is 226 Å². The minimum absolute atomic E-state index is 0.223. The standard InChI is InChI=1S/C27H27Br3N3O/c1-32-8-4-17(5-9-32)12-24(34)33-10-6-18(7-11-33)26-25-19(13-21(28)15-23(25)30)2-3-20-14-22(29)16-31-27(20)26/h4-5,8-9,13-16,18,26H,2-3,6-7,10-12H2,1H3/q+1/t26-/m1/s1. The van der Waals surface area contributed by atoms with Crippen LogP contribution in [0.1, 0.15) is 46.7 Å². The molecule has 3 aromatic rings. The number of hydrogen-bond acceptors (Lipinski definition) is 2. The van der Waals surface area contributed by atoms with Gasteiger partial charge in [0.1, 0.15) is 7.05 Å². The second-order valence-corrected chi connectivity index (χ2v) is 12.1. The largest absolute Gasteiger partial charge is 0.342 e. The Hall–Kier alpha value is -1.57. The van der Waals surface area contributed by atoms with Gasteiger partial charge in [0.15, 0.2) is 12.4 Å². The number of pyridine rings is 2. The molecule has 1 aliphatic heterocycles. The van der Waals surface area contributed by atoms with Gasteiger partial charge >= 0.3 is 0 Å². The molecule has 34 heavy (non-hydrogen) atoms. The zero-order valence-corrected chi connectivity index (χ0v) is 23.9. The zero-order chi connectivity index (χ0) is 23.8. The minimum Gasteiger partial charge on any atom is -0.342 e. The highest BCUT2D eigenvalue weighted by Crippen LogP contribution is 2.46. The third-order valence-electron chi connectivity index (χ3n) is 7.18. The van der Waals surface area contributed by atoms with Crippen molar-refractivity contribution < 1.29 is 9.36 Å². The first-order valence-electron chi connectivity index (χ1n) is 11.7. The van der Waals surface area contributed by atoms with Gasteiger partial charge in [-0.25, -0.2) is 4.57 Å². The third-order valence-corrected chi connectivity index (χ3v) is 8.73. The van der Waals surface area contributed by atoms with E-state index in [-0.39, 0.29) is 11.8 Å². The van der Waals surface area contributed by atoms with Crippen LogP contribution in [0.2, 0.25) is 0 Å². The van der Waals surface area contributed by atoms with Gasteiger partial charge in [-0.2, -0.15) is 0 Å². The maximum atomic E-state index is 13.0. The van der Waals surface area contributed by atoms with Gasteiger partial charge in [0.25, 0.3) is 0 Å². The molecule has 3 heterocycles. The monoisotopic (exact) mass is 646 g/mol. The number of piperidine rings is 1. The van der Waals surface area contributed by atoms with Crippen molar-refractivity contribution in [3.8, 4) is 0 Å². The minimum atomic E-state index is 0.223. The number of fused-ring (bicyclic) bond motifs is 2. The number of hydrogen-bond donors (Lipinski definition) is 0. The van der Waals surface area contributed by atoms with Gasteiger partial charge in [-0.1, -0.05) is 31.9 Å². The van der Waals surface area contributed by atoms with E-state index in [0.29, 0.717) is 12.3 Å². The lowest BCUT2D eigenvalue weighted by molar-refractivity contribution is -0.671. The summed E-state index contributed by atoms with van der Waals surface area (Å²) in [5.74, 6) is 0.900. The summed E-state index contributed by atoms with van der Waals surface area (Å²) < 4.78 is 5.28. The molecule has 1 atom stereocenters. The lowest BCUT2D eigenvalue weighted by Gasteiger charge is -2.37. The van der Waals surface area contributed by atoms with E-state index in [1.165, 1.54) is 22.4 Å². The first kappa shape index (κ1) is 24.1. The second kappa shape index (κ2) is 10.2. The zero-order valence-electron chi connectivity index (χ0n) is 19.1. The van der Waals surface area contributed by atoms with Crippen LogP contribution in [-0.4, -0.2) is 28.9 Å². The van der Waals surface area contributed by atoms with Gasteiger partial charge in [-0.3, -0.25) is 9.78 Å². The molecule has 2 aromatic heterocycles. The fourth-order valence-corrected chi connectivity index (χ4v) is 7.39. The summed E-state index contributed by atoms with van der Waals surface area (Å²) in [4.78, 5) is 20.0. The molecule has 2 aliphatic rings. The number of aromatic nitrogens is 2. The quantitative estimate of drug-likeness (QED) is 0.332. The summed E-state index contributed by atoms with van der Waals surface area (Å²) in [6.07, 6.45) is 10.4. The van der Waals surface area contributed by atoms with Crippen molar-refractivity contribution >= 4 is 53.7 Å². The van der Waals surface area contributed by atoms with Crippen molar-refractivity contribution in [1.29, 1.82) is 0 Å². The molecule has 176 valence electrons. The molecule has 0 N–H and O–H groups in total. The highest BCUT2D eigenvalue weighted by molar-refractivity contribution is 9.11. The number of carbonyl (C=O) groups excluding carboxylic acids is 1. The molecular formula is C27H27Br3N3O+. The number of rotatable bonds is 3. The Morgan fingerprint density at radius 2 is 1.71 bits per heavy atom. The number of benzene rings is 1. The van der Waals surface area contributed by atoms with Gasteiger partial charge in [0, 0.05) is 50.8 Å². The summed E-state index contributed by atoms with van der Waals surface area (Å²) in [6, 6.07) is 10.7. The van der Waals surface area contributed by atoms with Crippen LogP contribution in [0.25, 0.3) is 0 Å². The number of carbonyl (C=O) groups is 1. The molecule has 0 unspecified atom stereocenters. The number of likely N-dealkylation sites (tertiary alicyclic amines) is 1.